The molecule has 0 unspecified atom stereocenters. The fourth-order valence-corrected chi connectivity index (χ4v) is 3.06. The fourth-order valence-electron chi connectivity index (χ4n) is 1.60. The first-order chi connectivity index (χ1) is 9.43. The van der Waals surface area contributed by atoms with Gasteiger partial charge in [-0.1, -0.05) is 6.07 Å². The first-order valence-corrected chi connectivity index (χ1v) is 7.23. The number of carboxylic acids is 1. The van der Waals surface area contributed by atoms with E-state index in [1.807, 2.05) is 0 Å². The van der Waals surface area contributed by atoms with E-state index in [0.717, 1.165) is 11.6 Å². The van der Waals surface area contributed by atoms with E-state index in [1.165, 1.54) is 12.1 Å². The van der Waals surface area contributed by atoms with E-state index in [9.17, 15) is 26.4 Å². The number of rotatable bonds is 5. The molecule has 0 aliphatic rings. The molecular formula is C12H14F3NO4S. The van der Waals surface area contributed by atoms with Crippen LogP contribution in [0.25, 0.3) is 0 Å². The molecule has 0 aliphatic carbocycles. The maximum atomic E-state index is 12.4. The lowest BCUT2D eigenvalue weighted by molar-refractivity contribution is -0.146. The van der Waals surface area contributed by atoms with E-state index in [0.29, 0.717) is 5.56 Å². The topological polar surface area (TPSA) is 74.7 Å². The Morgan fingerprint density at radius 2 is 1.81 bits per heavy atom. The molecule has 0 atom stereocenters. The van der Waals surface area contributed by atoms with E-state index < -0.39 is 35.3 Å². The van der Waals surface area contributed by atoms with Gasteiger partial charge in [0.2, 0.25) is 10.0 Å². The van der Waals surface area contributed by atoms with E-state index >= 15 is 0 Å². The second kappa shape index (κ2) is 6.02. The van der Waals surface area contributed by atoms with Crippen LogP contribution in [0.2, 0.25) is 0 Å². The normalized spacial score (nSPS) is 12.7. The minimum absolute atomic E-state index is 0.0978. The van der Waals surface area contributed by atoms with Gasteiger partial charge in [0.15, 0.2) is 0 Å². The van der Waals surface area contributed by atoms with Crippen molar-refractivity contribution in [3.05, 3.63) is 29.3 Å². The molecule has 0 saturated heterocycles. The van der Waals surface area contributed by atoms with Gasteiger partial charge in [-0.05, 0) is 37.1 Å². The van der Waals surface area contributed by atoms with Crippen molar-refractivity contribution in [1.29, 1.82) is 0 Å². The molecular weight excluding hydrogens is 311 g/mol. The van der Waals surface area contributed by atoms with Gasteiger partial charge in [0, 0.05) is 0 Å². The zero-order valence-corrected chi connectivity index (χ0v) is 12.1. The fraction of sp³-hybridized carbons (Fsp3) is 0.417. The molecule has 1 rings (SSSR count). The number of hydrogen-bond donors (Lipinski definition) is 1. The minimum Gasteiger partial charge on any atom is -0.480 e. The molecule has 0 aliphatic heterocycles. The van der Waals surface area contributed by atoms with Crippen molar-refractivity contribution in [2.75, 3.05) is 13.1 Å². The van der Waals surface area contributed by atoms with Crippen molar-refractivity contribution in [2.24, 2.45) is 0 Å². The van der Waals surface area contributed by atoms with Crippen LogP contribution in [0.5, 0.6) is 0 Å². The number of carboxylic acid groups (broad SMARTS) is 1. The number of aryl methyl sites for hydroxylation is 2. The molecule has 9 heteroatoms. The number of benzene rings is 1. The molecule has 0 fully saturated rings. The molecule has 0 radical (unpaired) electrons. The molecule has 1 aromatic rings. The van der Waals surface area contributed by atoms with Crippen LogP contribution in [0.1, 0.15) is 11.1 Å². The highest BCUT2D eigenvalue weighted by Gasteiger charge is 2.38. The molecule has 0 bridgehead atoms. The third kappa shape index (κ3) is 4.71. The van der Waals surface area contributed by atoms with Crippen LogP contribution in [0.4, 0.5) is 13.2 Å². The summed E-state index contributed by atoms with van der Waals surface area (Å²) in [4.78, 5) is 10.3. The third-order valence-corrected chi connectivity index (χ3v) is 4.57. The third-order valence-electron chi connectivity index (χ3n) is 2.78. The quantitative estimate of drug-likeness (QED) is 0.898. The minimum atomic E-state index is -4.83. The van der Waals surface area contributed by atoms with Gasteiger partial charge in [0.1, 0.15) is 13.1 Å². The van der Waals surface area contributed by atoms with Gasteiger partial charge in [-0.25, -0.2) is 8.42 Å². The largest absolute Gasteiger partial charge is 0.480 e. The van der Waals surface area contributed by atoms with Crippen LogP contribution in [-0.2, 0) is 14.8 Å². The molecule has 0 heterocycles. The maximum Gasteiger partial charge on any atom is 0.402 e. The van der Waals surface area contributed by atoms with Crippen LogP contribution in [0.3, 0.4) is 0 Å². The standard InChI is InChI=1S/C12H14F3NO4S/c1-8-3-4-10(5-9(8)2)21(19,20)16(6-11(17)18)7-12(13,14)15/h3-5H,6-7H2,1-2H3,(H,17,18). The Morgan fingerprint density at radius 1 is 1.24 bits per heavy atom. The summed E-state index contributed by atoms with van der Waals surface area (Å²) in [6.45, 7) is 0.222. The summed E-state index contributed by atoms with van der Waals surface area (Å²) in [6, 6.07) is 3.83. The second-order valence-electron chi connectivity index (χ2n) is 4.53. The number of carbonyl (C=O) groups is 1. The highest BCUT2D eigenvalue weighted by molar-refractivity contribution is 7.89. The Bertz CT molecular complexity index is 640. The van der Waals surface area contributed by atoms with Gasteiger partial charge in [0.05, 0.1) is 4.90 Å². The lowest BCUT2D eigenvalue weighted by atomic mass is 10.1. The summed E-state index contributed by atoms with van der Waals surface area (Å²) in [7, 11) is -4.54. The maximum absolute atomic E-state index is 12.4. The summed E-state index contributed by atoms with van der Waals surface area (Å²) < 4.78 is 61.6. The molecule has 5 nitrogen and oxygen atoms in total. The lowest BCUT2D eigenvalue weighted by Gasteiger charge is -2.22. The zero-order valence-electron chi connectivity index (χ0n) is 11.3. The SMILES string of the molecule is Cc1ccc(S(=O)(=O)N(CC(=O)O)CC(F)(F)F)cc1C. The summed E-state index contributed by atoms with van der Waals surface area (Å²) in [5, 5.41) is 8.62. The van der Waals surface area contributed by atoms with E-state index in [1.54, 1.807) is 13.8 Å². The summed E-state index contributed by atoms with van der Waals surface area (Å²) >= 11 is 0. The molecule has 0 saturated carbocycles. The summed E-state index contributed by atoms with van der Waals surface area (Å²) in [5.74, 6) is -1.66. The average molecular weight is 325 g/mol. The highest BCUT2D eigenvalue weighted by Crippen LogP contribution is 2.23. The number of halogens is 3. The van der Waals surface area contributed by atoms with Crippen LogP contribution in [0, 0.1) is 13.8 Å². The Kier molecular flexibility index (Phi) is 5.00. The molecule has 1 aromatic carbocycles. The summed E-state index contributed by atoms with van der Waals surface area (Å²) in [5.41, 5.74) is 1.35. The van der Waals surface area contributed by atoms with Gasteiger partial charge in [-0.15, -0.1) is 0 Å². The van der Waals surface area contributed by atoms with Gasteiger partial charge in [-0.2, -0.15) is 17.5 Å². The van der Waals surface area contributed by atoms with Crippen LogP contribution >= 0.6 is 0 Å². The van der Waals surface area contributed by atoms with Crippen LogP contribution in [0.15, 0.2) is 23.1 Å². The van der Waals surface area contributed by atoms with Crippen LogP contribution < -0.4 is 0 Å². The number of sulfonamides is 1. The second-order valence-corrected chi connectivity index (χ2v) is 6.47. The van der Waals surface area contributed by atoms with E-state index in [-0.39, 0.29) is 9.20 Å². The predicted molar refractivity (Wildman–Crippen MR) is 68.4 cm³/mol. The number of hydrogen-bond acceptors (Lipinski definition) is 3. The van der Waals surface area contributed by atoms with Gasteiger partial charge in [-0.3, -0.25) is 4.79 Å². The molecule has 0 spiro atoms. The van der Waals surface area contributed by atoms with Crippen molar-refractivity contribution in [1.82, 2.24) is 4.31 Å². The highest BCUT2D eigenvalue weighted by atomic mass is 32.2. The molecule has 1 N–H and O–H groups in total. The Hall–Kier alpha value is -1.61. The molecule has 21 heavy (non-hydrogen) atoms. The molecule has 0 aromatic heterocycles. The number of alkyl halides is 3. The van der Waals surface area contributed by atoms with E-state index in [4.69, 9.17) is 5.11 Å². The first-order valence-electron chi connectivity index (χ1n) is 5.79. The van der Waals surface area contributed by atoms with Crippen molar-refractivity contribution < 1.29 is 31.5 Å². The van der Waals surface area contributed by atoms with Crippen molar-refractivity contribution in [3.8, 4) is 0 Å². The van der Waals surface area contributed by atoms with Gasteiger partial charge < -0.3 is 5.11 Å². The monoisotopic (exact) mass is 325 g/mol. The number of nitrogens with zero attached hydrogens (tertiary/aromatic N) is 1. The van der Waals surface area contributed by atoms with Crippen molar-refractivity contribution in [2.45, 2.75) is 24.9 Å². The smallest absolute Gasteiger partial charge is 0.402 e. The zero-order chi connectivity index (χ0) is 16.4. The van der Waals surface area contributed by atoms with Crippen molar-refractivity contribution in [3.63, 3.8) is 0 Å². The Morgan fingerprint density at radius 3 is 2.24 bits per heavy atom. The van der Waals surface area contributed by atoms with Crippen LogP contribution in [-0.4, -0.2) is 43.1 Å². The van der Waals surface area contributed by atoms with E-state index in [2.05, 4.69) is 0 Å². The lowest BCUT2D eigenvalue weighted by Crippen LogP contribution is -2.42. The summed E-state index contributed by atoms with van der Waals surface area (Å²) in [6.07, 6.45) is -4.83. The van der Waals surface area contributed by atoms with Crippen molar-refractivity contribution >= 4 is 16.0 Å². The Balaban J connectivity index is 3.25. The molecule has 0 amide bonds. The first kappa shape index (κ1) is 17.4. The molecule has 118 valence electrons. The number of aliphatic carboxylic acids is 1. The van der Waals surface area contributed by atoms with Gasteiger partial charge in [0.25, 0.3) is 0 Å². The average Bonchev–Trinajstić information content (AvgIpc) is 2.29. The predicted octanol–water partition coefficient (Wildman–Crippen LogP) is 1.94. The Labute approximate surface area is 120 Å². The van der Waals surface area contributed by atoms with Gasteiger partial charge >= 0.3 is 12.1 Å².